The predicted molar refractivity (Wildman–Crippen MR) is 85.9 cm³/mol. The van der Waals surface area contributed by atoms with Gasteiger partial charge in [-0.15, -0.1) is 0 Å². The maximum Gasteiger partial charge on any atom is 0.230 e. The van der Waals surface area contributed by atoms with Crippen LogP contribution in [0.4, 0.5) is 0 Å². The standard InChI is InChI=1S/C15H17ClN2O2S/c1-15(2)6-12(19)18(13(20)7-15)8-10-4-3-9(14(17)21)5-11(10)16/h3-5H,6-8H2,1-2H3,(H2,17,21). The highest BCUT2D eigenvalue weighted by molar-refractivity contribution is 7.80. The van der Waals surface area contributed by atoms with Crippen LogP contribution in [0.15, 0.2) is 18.2 Å². The summed E-state index contributed by atoms with van der Waals surface area (Å²) in [6, 6.07) is 5.14. The van der Waals surface area contributed by atoms with E-state index in [0.717, 1.165) is 0 Å². The van der Waals surface area contributed by atoms with Gasteiger partial charge in [-0.1, -0.05) is 49.8 Å². The van der Waals surface area contributed by atoms with Crippen molar-refractivity contribution in [3.05, 3.63) is 34.3 Å². The average Bonchev–Trinajstić information content (AvgIpc) is 2.33. The van der Waals surface area contributed by atoms with Gasteiger partial charge in [0.1, 0.15) is 4.99 Å². The molecule has 1 heterocycles. The number of hydrogen-bond acceptors (Lipinski definition) is 3. The van der Waals surface area contributed by atoms with E-state index in [1.165, 1.54) is 4.90 Å². The first-order chi connectivity index (χ1) is 9.69. The lowest BCUT2D eigenvalue weighted by Crippen LogP contribution is -2.45. The molecule has 0 unspecified atom stereocenters. The number of hydrogen-bond donors (Lipinski definition) is 1. The highest BCUT2D eigenvalue weighted by Crippen LogP contribution is 2.32. The Balaban J connectivity index is 2.20. The molecule has 6 heteroatoms. The summed E-state index contributed by atoms with van der Waals surface area (Å²) >= 11 is 11.1. The number of amides is 2. The van der Waals surface area contributed by atoms with Crippen molar-refractivity contribution in [2.24, 2.45) is 11.1 Å². The van der Waals surface area contributed by atoms with Crippen molar-refractivity contribution in [1.82, 2.24) is 4.90 Å². The lowest BCUT2D eigenvalue weighted by Gasteiger charge is -2.34. The van der Waals surface area contributed by atoms with Gasteiger partial charge in [0.25, 0.3) is 0 Å². The molecule has 4 nitrogen and oxygen atoms in total. The molecule has 0 atom stereocenters. The summed E-state index contributed by atoms with van der Waals surface area (Å²) in [5, 5.41) is 0.450. The van der Waals surface area contributed by atoms with Gasteiger partial charge < -0.3 is 5.73 Å². The fourth-order valence-electron chi connectivity index (χ4n) is 2.39. The van der Waals surface area contributed by atoms with Crippen molar-refractivity contribution in [2.45, 2.75) is 33.2 Å². The number of piperidine rings is 1. The second-order valence-electron chi connectivity index (χ2n) is 6.06. The summed E-state index contributed by atoms with van der Waals surface area (Å²) in [6.07, 6.45) is 0.725. The second kappa shape index (κ2) is 5.73. The lowest BCUT2D eigenvalue weighted by molar-refractivity contribution is -0.153. The van der Waals surface area contributed by atoms with Gasteiger partial charge in [-0.25, -0.2) is 0 Å². The fraction of sp³-hybridized carbons (Fsp3) is 0.400. The molecule has 0 spiro atoms. The molecule has 1 aliphatic heterocycles. The molecular formula is C15H17ClN2O2S. The van der Waals surface area contributed by atoms with Crippen LogP contribution in [0.5, 0.6) is 0 Å². The van der Waals surface area contributed by atoms with Crippen molar-refractivity contribution >= 4 is 40.6 Å². The van der Waals surface area contributed by atoms with E-state index < -0.39 is 0 Å². The number of benzene rings is 1. The summed E-state index contributed by atoms with van der Waals surface area (Å²) in [5.41, 5.74) is 6.64. The largest absolute Gasteiger partial charge is 0.389 e. The average molecular weight is 325 g/mol. The first-order valence-electron chi connectivity index (χ1n) is 6.61. The predicted octanol–water partition coefficient (Wildman–Crippen LogP) is 2.65. The molecule has 2 rings (SSSR count). The van der Waals surface area contributed by atoms with Gasteiger partial charge in [-0.3, -0.25) is 14.5 Å². The van der Waals surface area contributed by atoms with E-state index in [1.54, 1.807) is 18.2 Å². The molecule has 1 aromatic carbocycles. The van der Waals surface area contributed by atoms with Gasteiger partial charge >= 0.3 is 0 Å². The van der Waals surface area contributed by atoms with E-state index in [2.05, 4.69) is 0 Å². The van der Waals surface area contributed by atoms with Gasteiger partial charge in [0, 0.05) is 23.4 Å². The minimum atomic E-state index is -0.274. The van der Waals surface area contributed by atoms with Crippen molar-refractivity contribution in [3.8, 4) is 0 Å². The van der Waals surface area contributed by atoms with Gasteiger partial charge in [0.2, 0.25) is 11.8 Å². The number of nitrogens with zero attached hydrogens (tertiary/aromatic N) is 1. The zero-order valence-electron chi connectivity index (χ0n) is 12.0. The number of nitrogens with two attached hydrogens (primary N) is 1. The highest BCUT2D eigenvalue weighted by atomic mass is 35.5. The first-order valence-corrected chi connectivity index (χ1v) is 7.40. The van der Waals surface area contributed by atoms with Crippen molar-refractivity contribution in [1.29, 1.82) is 0 Å². The first kappa shape index (κ1) is 15.9. The number of likely N-dealkylation sites (tertiary alicyclic amines) is 1. The van der Waals surface area contributed by atoms with Crippen molar-refractivity contribution in [2.75, 3.05) is 0 Å². The summed E-state index contributed by atoms with van der Waals surface area (Å²) in [5.74, 6) is -0.323. The molecule has 0 radical (unpaired) electrons. The van der Waals surface area contributed by atoms with Gasteiger partial charge in [-0.05, 0) is 17.0 Å². The Bertz CT molecular complexity index is 608. The number of carbonyl (C=O) groups is 2. The van der Waals surface area contributed by atoms with Crippen LogP contribution in [0.25, 0.3) is 0 Å². The van der Waals surface area contributed by atoms with Crippen molar-refractivity contribution < 1.29 is 9.59 Å². The van der Waals surface area contributed by atoms with Gasteiger partial charge in [0.15, 0.2) is 0 Å². The van der Waals surface area contributed by atoms with Crippen LogP contribution in [0.2, 0.25) is 5.02 Å². The molecule has 0 aliphatic carbocycles. The zero-order valence-corrected chi connectivity index (χ0v) is 13.6. The Morgan fingerprint density at radius 3 is 2.38 bits per heavy atom. The molecule has 2 N–H and O–H groups in total. The lowest BCUT2D eigenvalue weighted by atomic mass is 9.81. The molecule has 1 aliphatic rings. The van der Waals surface area contributed by atoms with E-state index in [-0.39, 0.29) is 28.8 Å². The van der Waals surface area contributed by atoms with Gasteiger partial charge in [-0.2, -0.15) is 0 Å². The Morgan fingerprint density at radius 2 is 1.90 bits per heavy atom. The van der Waals surface area contributed by atoms with E-state index in [4.69, 9.17) is 29.6 Å². The minimum Gasteiger partial charge on any atom is -0.389 e. The van der Waals surface area contributed by atoms with Crippen LogP contribution in [-0.4, -0.2) is 21.7 Å². The zero-order chi connectivity index (χ0) is 15.8. The third-order valence-corrected chi connectivity index (χ3v) is 4.12. The molecule has 21 heavy (non-hydrogen) atoms. The Labute approximate surface area is 134 Å². The topological polar surface area (TPSA) is 63.4 Å². The second-order valence-corrected chi connectivity index (χ2v) is 6.91. The molecule has 112 valence electrons. The van der Waals surface area contributed by atoms with E-state index in [1.807, 2.05) is 13.8 Å². The van der Waals surface area contributed by atoms with Gasteiger partial charge in [0.05, 0.1) is 6.54 Å². The smallest absolute Gasteiger partial charge is 0.230 e. The molecule has 2 amide bonds. The monoisotopic (exact) mass is 324 g/mol. The number of thiocarbonyl (C=S) groups is 1. The van der Waals surface area contributed by atoms with Crippen LogP contribution < -0.4 is 5.73 Å². The number of halogens is 1. The third-order valence-electron chi connectivity index (χ3n) is 3.53. The van der Waals surface area contributed by atoms with E-state index >= 15 is 0 Å². The summed E-state index contributed by atoms with van der Waals surface area (Å²) in [7, 11) is 0. The van der Waals surface area contributed by atoms with E-state index in [0.29, 0.717) is 29.0 Å². The summed E-state index contributed by atoms with van der Waals surface area (Å²) in [6.45, 7) is 4.03. The van der Waals surface area contributed by atoms with E-state index in [9.17, 15) is 9.59 Å². The quantitative estimate of drug-likeness (QED) is 0.686. The van der Waals surface area contributed by atoms with Crippen LogP contribution in [0, 0.1) is 5.41 Å². The maximum atomic E-state index is 12.1. The fourth-order valence-corrected chi connectivity index (χ4v) is 2.75. The van der Waals surface area contributed by atoms with Crippen molar-refractivity contribution in [3.63, 3.8) is 0 Å². The highest BCUT2D eigenvalue weighted by Gasteiger charge is 2.37. The summed E-state index contributed by atoms with van der Waals surface area (Å²) < 4.78 is 0. The number of imide groups is 1. The van der Waals surface area contributed by atoms with Crippen LogP contribution in [-0.2, 0) is 16.1 Å². The molecule has 0 aromatic heterocycles. The van der Waals surface area contributed by atoms with Crippen LogP contribution in [0.3, 0.4) is 0 Å². The summed E-state index contributed by atoms with van der Waals surface area (Å²) in [4.78, 5) is 25.8. The molecular weight excluding hydrogens is 308 g/mol. The Morgan fingerprint density at radius 1 is 1.33 bits per heavy atom. The molecule has 0 bridgehead atoms. The van der Waals surface area contributed by atoms with Crippen LogP contribution in [0.1, 0.15) is 37.8 Å². The Hall–Kier alpha value is -1.46. The van der Waals surface area contributed by atoms with Crippen LogP contribution >= 0.6 is 23.8 Å². The normalized spacial score (nSPS) is 18.0. The maximum absolute atomic E-state index is 12.1. The third kappa shape index (κ3) is 3.60. The molecule has 1 saturated heterocycles. The molecule has 1 fully saturated rings. The minimum absolute atomic E-state index is 0.161. The molecule has 1 aromatic rings. The molecule has 0 saturated carbocycles. The number of rotatable bonds is 3. The SMILES string of the molecule is CC1(C)CC(=O)N(Cc2ccc(C(N)=S)cc2Cl)C(=O)C1. The number of carbonyl (C=O) groups excluding carboxylic acids is 2. The Kier molecular flexibility index (Phi) is 4.35.